The highest BCUT2D eigenvalue weighted by Crippen LogP contribution is 2.36. The number of carbonyl (C=O) groups is 5. The van der Waals surface area contributed by atoms with E-state index in [9.17, 15) is 24.0 Å². The zero-order valence-electron chi connectivity index (χ0n) is 16.2. The Balaban J connectivity index is 1.55. The number of fused-ring (bicyclic) bond motifs is 1. The molecular formula is C21H22N2O6. The van der Waals surface area contributed by atoms with E-state index < -0.39 is 36.4 Å². The van der Waals surface area contributed by atoms with Gasteiger partial charge in [0, 0.05) is 11.3 Å². The molecule has 1 heterocycles. The molecule has 152 valence electrons. The number of nitrogens with one attached hydrogen (secondary N) is 1. The molecule has 1 aromatic carbocycles. The molecule has 0 spiro atoms. The van der Waals surface area contributed by atoms with Gasteiger partial charge in [-0.15, -0.1) is 0 Å². The Labute approximate surface area is 167 Å². The van der Waals surface area contributed by atoms with Crippen LogP contribution in [0.15, 0.2) is 36.4 Å². The van der Waals surface area contributed by atoms with Gasteiger partial charge in [0.05, 0.1) is 11.8 Å². The zero-order valence-corrected chi connectivity index (χ0v) is 16.2. The molecule has 3 atom stereocenters. The maximum absolute atomic E-state index is 12.5. The normalized spacial score (nSPS) is 21.5. The summed E-state index contributed by atoms with van der Waals surface area (Å²) in [6.07, 6.45) is 4.69. The first-order valence-electron chi connectivity index (χ1n) is 9.39. The molecule has 0 radical (unpaired) electrons. The molecule has 8 heteroatoms. The standard InChI is InChI=1S/C21H22N2O6/c1-12(23-19(26)16-8-3-4-9-17(16)20(23)27)21(28)29-11-18(25)22-15-7-5-6-14(10-15)13(2)24/h3-7,10,12,16-17H,8-9,11H2,1-2H3,(H,22,25)/t12-,16+,17+/m0/s1. The molecule has 3 amide bonds. The van der Waals surface area contributed by atoms with E-state index in [1.807, 2.05) is 12.2 Å². The molecule has 1 aliphatic carbocycles. The number of hydrogen-bond acceptors (Lipinski definition) is 6. The van der Waals surface area contributed by atoms with Crippen molar-refractivity contribution in [3.63, 3.8) is 0 Å². The van der Waals surface area contributed by atoms with Crippen molar-refractivity contribution in [2.75, 3.05) is 11.9 Å². The van der Waals surface area contributed by atoms with Crippen LogP contribution in [0.2, 0.25) is 0 Å². The third-order valence-corrected chi connectivity index (χ3v) is 5.17. The highest BCUT2D eigenvalue weighted by molar-refractivity contribution is 6.08. The number of esters is 1. The Bertz CT molecular complexity index is 880. The number of rotatable bonds is 6. The Kier molecular flexibility index (Phi) is 5.91. The van der Waals surface area contributed by atoms with Crippen molar-refractivity contribution in [1.29, 1.82) is 0 Å². The Morgan fingerprint density at radius 3 is 2.34 bits per heavy atom. The molecule has 1 fully saturated rings. The summed E-state index contributed by atoms with van der Waals surface area (Å²) in [7, 11) is 0. The quantitative estimate of drug-likeness (QED) is 0.338. The predicted molar refractivity (Wildman–Crippen MR) is 103 cm³/mol. The molecular weight excluding hydrogens is 376 g/mol. The van der Waals surface area contributed by atoms with E-state index in [0.29, 0.717) is 24.1 Å². The molecule has 3 rings (SSSR count). The fourth-order valence-electron chi connectivity index (χ4n) is 3.58. The van der Waals surface area contributed by atoms with E-state index in [1.165, 1.54) is 19.9 Å². The van der Waals surface area contributed by atoms with E-state index in [0.717, 1.165) is 4.90 Å². The smallest absolute Gasteiger partial charge is 0.329 e. The molecule has 1 aromatic rings. The first kappa shape index (κ1) is 20.4. The SMILES string of the molecule is CC(=O)c1cccc(NC(=O)COC(=O)[C@H](C)N2C(=O)[C@@H]3CC=CC[C@H]3C2=O)c1. The summed E-state index contributed by atoms with van der Waals surface area (Å²) in [5, 5.41) is 2.54. The summed E-state index contributed by atoms with van der Waals surface area (Å²) in [6, 6.07) is 5.26. The minimum atomic E-state index is -1.10. The van der Waals surface area contributed by atoms with Crippen molar-refractivity contribution in [2.24, 2.45) is 11.8 Å². The molecule has 2 aliphatic rings. The number of ether oxygens (including phenoxy) is 1. The van der Waals surface area contributed by atoms with E-state index >= 15 is 0 Å². The maximum Gasteiger partial charge on any atom is 0.329 e. The average molecular weight is 398 g/mol. The number of allylic oxidation sites excluding steroid dienone is 2. The zero-order chi connectivity index (χ0) is 21.1. The van der Waals surface area contributed by atoms with Gasteiger partial charge in [-0.2, -0.15) is 0 Å². The second kappa shape index (κ2) is 8.38. The van der Waals surface area contributed by atoms with Crippen molar-refractivity contribution in [2.45, 2.75) is 32.7 Å². The summed E-state index contributed by atoms with van der Waals surface area (Å²) in [5.74, 6) is -3.18. The van der Waals surface area contributed by atoms with E-state index in [1.54, 1.807) is 18.2 Å². The number of ketones is 1. The van der Waals surface area contributed by atoms with Gasteiger partial charge in [0.15, 0.2) is 12.4 Å². The number of anilines is 1. The fourth-order valence-corrected chi connectivity index (χ4v) is 3.58. The van der Waals surface area contributed by atoms with Crippen LogP contribution < -0.4 is 5.32 Å². The second-order valence-corrected chi connectivity index (χ2v) is 7.17. The summed E-state index contributed by atoms with van der Waals surface area (Å²) < 4.78 is 5.00. The average Bonchev–Trinajstić information content (AvgIpc) is 2.96. The van der Waals surface area contributed by atoms with Gasteiger partial charge in [0.1, 0.15) is 6.04 Å². The number of carbonyl (C=O) groups excluding carboxylic acids is 5. The number of likely N-dealkylation sites (tertiary alicyclic amines) is 1. The number of amides is 3. The van der Waals surface area contributed by atoms with E-state index in [2.05, 4.69) is 5.32 Å². The van der Waals surface area contributed by atoms with Crippen LogP contribution in [-0.4, -0.2) is 47.0 Å². The molecule has 1 N–H and O–H groups in total. The van der Waals surface area contributed by atoms with Crippen LogP contribution in [-0.2, 0) is 23.9 Å². The lowest BCUT2D eigenvalue weighted by Gasteiger charge is -2.21. The van der Waals surface area contributed by atoms with Crippen LogP contribution in [0.5, 0.6) is 0 Å². The maximum atomic E-state index is 12.5. The third-order valence-electron chi connectivity index (χ3n) is 5.17. The van der Waals surface area contributed by atoms with Gasteiger partial charge in [-0.3, -0.25) is 24.1 Å². The molecule has 29 heavy (non-hydrogen) atoms. The highest BCUT2D eigenvalue weighted by Gasteiger charge is 2.50. The summed E-state index contributed by atoms with van der Waals surface area (Å²) in [4.78, 5) is 61.8. The summed E-state index contributed by atoms with van der Waals surface area (Å²) in [5.41, 5.74) is 0.837. The lowest BCUT2D eigenvalue weighted by molar-refractivity contribution is -0.159. The van der Waals surface area contributed by atoms with Crippen LogP contribution in [0, 0.1) is 11.8 Å². The van der Waals surface area contributed by atoms with Gasteiger partial charge in [0.2, 0.25) is 11.8 Å². The summed E-state index contributed by atoms with van der Waals surface area (Å²) >= 11 is 0. The molecule has 0 saturated carbocycles. The van der Waals surface area contributed by atoms with Gasteiger partial charge >= 0.3 is 5.97 Å². The Hall–Kier alpha value is -3.29. The first-order valence-corrected chi connectivity index (χ1v) is 9.39. The minimum absolute atomic E-state index is 0.142. The van der Waals surface area contributed by atoms with Crippen LogP contribution >= 0.6 is 0 Å². The van der Waals surface area contributed by atoms with Gasteiger partial charge in [-0.1, -0.05) is 24.3 Å². The Morgan fingerprint density at radius 1 is 1.14 bits per heavy atom. The minimum Gasteiger partial charge on any atom is -0.454 e. The second-order valence-electron chi connectivity index (χ2n) is 7.17. The monoisotopic (exact) mass is 398 g/mol. The van der Waals surface area contributed by atoms with Crippen molar-refractivity contribution in [3.8, 4) is 0 Å². The molecule has 1 saturated heterocycles. The van der Waals surface area contributed by atoms with Crippen LogP contribution in [0.25, 0.3) is 0 Å². The first-order chi connectivity index (χ1) is 13.8. The van der Waals surface area contributed by atoms with E-state index in [-0.39, 0.29) is 17.6 Å². The number of imide groups is 1. The van der Waals surface area contributed by atoms with Gasteiger partial charge in [0.25, 0.3) is 5.91 Å². The third kappa shape index (κ3) is 4.26. The fraction of sp³-hybridized carbons (Fsp3) is 0.381. The highest BCUT2D eigenvalue weighted by atomic mass is 16.5. The lowest BCUT2D eigenvalue weighted by Crippen LogP contribution is -2.45. The van der Waals surface area contributed by atoms with Crippen molar-refractivity contribution in [3.05, 3.63) is 42.0 Å². The van der Waals surface area contributed by atoms with Gasteiger partial charge in [-0.25, -0.2) is 4.79 Å². The van der Waals surface area contributed by atoms with Gasteiger partial charge < -0.3 is 10.1 Å². The molecule has 0 aromatic heterocycles. The summed E-state index contributed by atoms with van der Waals surface area (Å²) in [6.45, 7) is 2.26. The van der Waals surface area contributed by atoms with Gasteiger partial charge in [-0.05, 0) is 38.8 Å². The van der Waals surface area contributed by atoms with Crippen molar-refractivity contribution in [1.82, 2.24) is 4.90 Å². The number of benzene rings is 1. The molecule has 0 bridgehead atoms. The molecule has 0 unspecified atom stereocenters. The number of Topliss-reactive ketones (excluding diaryl/α,β-unsaturated/α-hetero) is 1. The molecule has 8 nitrogen and oxygen atoms in total. The lowest BCUT2D eigenvalue weighted by atomic mass is 9.85. The largest absolute Gasteiger partial charge is 0.454 e. The molecule has 1 aliphatic heterocycles. The van der Waals surface area contributed by atoms with Crippen LogP contribution in [0.3, 0.4) is 0 Å². The van der Waals surface area contributed by atoms with E-state index in [4.69, 9.17) is 4.74 Å². The number of nitrogens with zero attached hydrogens (tertiary/aromatic N) is 1. The van der Waals surface area contributed by atoms with Crippen LogP contribution in [0.1, 0.15) is 37.0 Å². The van der Waals surface area contributed by atoms with Crippen molar-refractivity contribution >= 4 is 35.2 Å². The van der Waals surface area contributed by atoms with Crippen molar-refractivity contribution < 1.29 is 28.7 Å². The topological polar surface area (TPSA) is 110 Å². The Morgan fingerprint density at radius 2 is 1.76 bits per heavy atom. The van der Waals surface area contributed by atoms with Crippen LogP contribution in [0.4, 0.5) is 5.69 Å². The number of hydrogen-bond donors (Lipinski definition) is 1. The predicted octanol–water partition coefficient (Wildman–Crippen LogP) is 1.71.